The molecule has 0 spiro atoms. The summed E-state index contributed by atoms with van der Waals surface area (Å²) in [6.45, 7) is 9.42. The zero-order valence-corrected chi connectivity index (χ0v) is 14.9. The van der Waals surface area contributed by atoms with E-state index in [0.29, 0.717) is 18.5 Å². The Morgan fingerprint density at radius 1 is 1.36 bits per heavy atom. The fraction of sp³-hybridized carbons (Fsp3) is 0.706. The first-order chi connectivity index (χ1) is 10.3. The highest BCUT2D eigenvalue weighted by Crippen LogP contribution is 2.26. The zero-order chi connectivity index (χ0) is 16.2. The molecule has 4 nitrogen and oxygen atoms in total. The van der Waals surface area contributed by atoms with Gasteiger partial charge >= 0.3 is 6.09 Å². The third-order valence-corrected chi connectivity index (χ3v) is 4.99. The van der Waals surface area contributed by atoms with Crippen LogP contribution in [0.2, 0.25) is 0 Å². The number of ether oxygens (including phenoxy) is 1. The first-order valence-electron chi connectivity index (χ1n) is 8.07. The van der Waals surface area contributed by atoms with E-state index in [-0.39, 0.29) is 6.09 Å². The summed E-state index contributed by atoms with van der Waals surface area (Å²) in [6.07, 6.45) is 3.26. The highest BCUT2D eigenvalue weighted by Gasteiger charge is 2.28. The molecule has 2 rings (SSSR count). The maximum absolute atomic E-state index is 11.8. The third kappa shape index (κ3) is 5.29. The number of hydrogen-bond acceptors (Lipinski definition) is 4. The van der Waals surface area contributed by atoms with Gasteiger partial charge in [-0.1, -0.05) is 6.42 Å². The number of thiophene rings is 1. The summed E-state index contributed by atoms with van der Waals surface area (Å²) in [5, 5.41) is 11.0. The number of carbonyl (C=O) groups is 1. The Balaban J connectivity index is 1.76. The van der Waals surface area contributed by atoms with E-state index < -0.39 is 5.60 Å². The van der Waals surface area contributed by atoms with Crippen LogP contribution < -0.4 is 10.6 Å². The molecule has 1 amide bonds. The summed E-state index contributed by atoms with van der Waals surface area (Å²) in [5.74, 6) is 0.492. The Bertz CT molecular complexity index is 493. The fourth-order valence-electron chi connectivity index (χ4n) is 2.89. The molecule has 22 heavy (non-hydrogen) atoms. The monoisotopic (exact) mass is 324 g/mol. The van der Waals surface area contributed by atoms with Gasteiger partial charge in [-0.05, 0) is 68.3 Å². The van der Waals surface area contributed by atoms with Crippen molar-refractivity contribution in [3.63, 3.8) is 0 Å². The second-order valence-corrected chi connectivity index (χ2v) is 7.88. The van der Waals surface area contributed by atoms with Gasteiger partial charge in [-0.15, -0.1) is 0 Å². The van der Waals surface area contributed by atoms with E-state index in [1.54, 1.807) is 11.3 Å². The van der Waals surface area contributed by atoms with Crippen LogP contribution in [0.15, 0.2) is 10.8 Å². The Kier molecular flexibility index (Phi) is 5.87. The molecule has 5 heteroatoms. The summed E-state index contributed by atoms with van der Waals surface area (Å²) in [6, 6.07) is 0.481. The summed E-state index contributed by atoms with van der Waals surface area (Å²) in [7, 11) is 0. The van der Waals surface area contributed by atoms with Gasteiger partial charge in [-0.2, -0.15) is 11.3 Å². The lowest BCUT2D eigenvalue weighted by Crippen LogP contribution is -2.40. The highest BCUT2D eigenvalue weighted by atomic mass is 32.1. The summed E-state index contributed by atoms with van der Waals surface area (Å²) >= 11 is 1.76. The molecule has 0 saturated heterocycles. The number of rotatable bonds is 5. The smallest absolute Gasteiger partial charge is 0.407 e. The lowest BCUT2D eigenvalue weighted by Gasteiger charge is -2.23. The minimum Gasteiger partial charge on any atom is -0.444 e. The third-order valence-electron chi connectivity index (χ3n) is 4.08. The molecule has 0 aromatic carbocycles. The minimum absolute atomic E-state index is 0.313. The molecule has 0 bridgehead atoms. The van der Waals surface area contributed by atoms with Crippen LogP contribution in [0.4, 0.5) is 4.79 Å². The van der Waals surface area contributed by atoms with Crippen LogP contribution >= 0.6 is 11.3 Å². The first-order valence-corrected chi connectivity index (χ1v) is 9.01. The molecule has 1 aliphatic carbocycles. The first kappa shape index (κ1) is 17.3. The van der Waals surface area contributed by atoms with Crippen LogP contribution in [0.3, 0.4) is 0 Å². The van der Waals surface area contributed by atoms with E-state index in [1.807, 2.05) is 20.8 Å². The zero-order valence-electron chi connectivity index (χ0n) is 14.1. The standard InChI is InChI=1S/C17H28N2O2S/c1-12-10-22-11-14(12)9-18-15-7-5-6-13(15)8-19-16(20)21-17(2,3)4/h10-11,13,15,18H,5-9H2,1-4H3,(H,19,20). The van der Waals surface area contributed by atoms with Crippen molar-refractivity contribution in [2.45, 2.75) is 65.1 Å². The van der Waals surface area contributed by atoms with Gasteiger partial charge in [0.25, 0.3) is 0 Å². The van der Waals surface area contributed by atoms with Crippen molar-refractivity contribution in [3.05, 3.63) is 21.9 Å². The molecule has 1 fully saturated rings. The predicted octanol–water partition coefficient (Wildman–Crippen LogP) is 3.84. The van der Waals surface area contributed by atoms with Gasteiger partial charge in [0, 0.05) is 19.1 Å². The van der Waals surface area contributed by atoms with E-state index in [0.717, 1.165) is 13.0 Å². The molecule has 1 aromatic heterocycles. The van der Waals surface area contributed by atoms with Crippen molar-refractivity contribution >= 4 is 17.4 Å². The second kappa shape index (κ2) is 7.47. The number of alkyl carbamates (subject to hydrolysis) is 1. The SMILES string of the molecule is Cc1cscc1CNC1CCCC1CNC(=O)OC(C)(C)C. The quantitative estimate of drug-likeness (QED) is 0.865. The van der Waals surface area contributed by atoms with Crippen molar-refractivity contribution in [2.75, 3.05) is 6.54 Å². The van der Waals surface area contributed by atoms with Gasteiger partial charge in [-0.25, -0.2) is 4.79 Å². The molecule has 2 N–H and O–H groups in total. The van der Waals surface area contributed by atoms with Crippen LogP contribution in [0.1, 0.15) is 51.2 Å². The number of aryl methyl sites for hydroxylation is 1. The van der Waals surface area contributed by atoms with Crippen molar-refractivity contribution < 1.29 is 9.53 Å². The van der Waals surface area contributed by atoms with Gasteiger partial charge in [0.15, 0.2) is 0 Å². The van der Waals surface area contributed by atoms with Crippen molar-refractivity contribution in [2.24, 2.45) is 5.92 Å². The normalized spacial score (nSPS) is 21.8. The van der Waals surface area contributed by atoms with Crippen LogP contribution in [0, 0.1) is 12.8 Å². The topological polar surface area (TPSA) is 50.4 Å². The molecular weight excluding hydrogens is 296 g/mol. The maximum atomic E-state index is 11.8. The number of amides is 1. The highest BCUT2D eigenvalue weighted by molar-refractivity contribution is 7.08. The van der Waals surface area contributed by atoms with Crippen molar-refractivity contribution in [1.29, 1.82) is 0 Å². The average Bonchev–Trinajstić information content (AvgIpc) is 3.00. The summed E-state index contributed by atoms with van der Waals surface area (Å²) in [5.41, 5.74) is 2.31. The molecule has 2 atom stereocenters. The van der Waals surface area contributed by atoms with Crippen molar-refractivity contribution in [1.82, 2.24) is 10.6 Å². The Morgan fingerprint density at radius 3 is 2.77 bits per heavy atom. The fourth-order valence-corrected chi connectivity index (χ4v) is 3.74. The van der Waals surface area contributed by atoms with E-state index in [1.165, 1.54) is 24.0 Å². The summed E-state index contributed by atoms with van der Waals surface area (Å²) in [4.78, 5) is 11.8. The summed E-state index contributed by atoms with van der Waals surface area (Å²) < 4.78 is 5.30. The number of carbonyl (C=O) groups excluding carboxylic acids is 1. The average molecular weight is 324 g/mol. The number of nitrogens with one attached hydrogen (secondary N) is 2. The molecule has 0 radical (unpaired) electrons. The van der Waals surface area contributed by atoms with Crippen LogP contribution in [-0.2, 0) is 11.3 Å². The molecule has 1 aromatic rings. The Hall–Kier alpha value is -1.07. The van der Waals surface area contributed by atoms with Gasteiger partial charge in [-0.3, -0.25) is 0 Å². The predicted molar refractivity (Wildman–Crippen MR) is 91.3 cm³/mol. The Labute approximate surface area is 137 Å². The molecule has 1 aliphatic rings. The van der Waals surface area contributed by atoms with Crippen LogP contribution in [0.5, 0.6) is 0 Å². The van der Waals surface area contributed by atoms with Gasteiger partial charge in [0.1, 0.15) is 5.60 Å². The van der Waals surface area contributed by atoms with E-state index in [4.69, 9.17) is 4.74 Å². The minimum atomic E-state index is -0.437. The second-order valence-electron chi connectivity index (χ2n) is 7.14. The number of hydrogen-bond donors (Lipinski definition) is 2. The van der Waals surface area contributed by atoms with Crippen LogP contribution in [-0.4, -0.2) is 24.3 Å². The van der Waals surface area contributed by atoms with Gasteiger partial charge in [0.05, 0.1) is 0 Å². The molecule has 124 valence electrons. The van der Waals surface area contributed by atoms with Crippen molar-refractivity contribution in [3.8, 4) is 0 Å². The molecule has 1 heterocycles. The molecule has 1 saturated carbocycles. The Morgan fingerprint density at radius 2 is 2.14 bits per heavy atom. The molecular formula is C17H28N2O2S. The molecule has 0 aliphatic heterocycles. The van der Waals surface area contributed by atoms with Crippen LogP contribution in [0.25, 0.3) is 0 Å². The van der Waals surface area contributed by atoms with Gasteiger partial charge in [0.2, 0.25) is 0 Å². The molecule has 2 unspecified atom stereocenters. The van der Waals surface area contributed by atoms with E-state index >= 15 is 0 Å². The largest absolute Gasteiger partial charge is 0.444 e. The lowest BCUT2D eigenvalue weighted by atomic mass is 10.0. The maximum Gasteiger partial charge on any atom is 0.407 e. The van der Waals surface area contributed by atoms with E-state index in [2.05, 4.69) is 28.3 Å². The van der Waals surface area contributed by atoms with E-state index in [9.17, 15) is 4.79 Å². The lowest BCUT2D eigenvalue weighted by molar-refractivity contribution is 0.0517. The van der Waals surface area contributed by atoms with Gasteiger partial charge < -0.3 is 15.4 Å².